The second kappa shape index (κ2) is 5.20. The maximum atomic E-state index is 11.7. The molecular weight excluding hydrogens is 280 g/mol. The first-order chi connectivity index (χ1) is 10.1. The van der Waals surface area contributed by atoms with E-state index in [-0.39, 0.29) is 12.8 Å². The minimum absolute atomic E-state index is 0.0633. The van der Waals surface area contributed by atoms with Gasteiger partial charge in [-0.3, -0.25) is 19.9 Å². The number of hydrogen-bond donors (Lipinski definition) is 1. The molecule has 1 saturated heterocycles. The molecule has 3 amide bonds. The number of aromatic nitrogens is 1. The molecule has 1 N–H and O–H groups in total. The van der Waals surface area contributed by atoms with Crippen molar-refractivity contribution in [2.45, 2.75) is 12.8 Å². The summed E-state index contributed by atoms with van der Waals surface area (Å²) in [5.74, 6) is -1.03. The molecule has 0 bridgehead atoms. The molecule has 21 heavy (non-hydrogen) atoms. The molecule has 2 aromatic rings. The Hall–Kier alpha value is -2.96. The summed E-state index contributed by atoms with van der Waals surface area (Å²) in [6.45, 7) is 0. The van der Waals surface area contributed by atoms with Gasteiger partial charge in [0.25, 0.3) is 11.8 Å². The van der Waals surface area contributed by atoms with Gasteiger partial charge < -0.3 is 4.84 Å². The van der Waals surface area contributed by atoms with Crippen molar-refractivity contribution in [1.82, 2.24) is 10.0 Å². The number of fused-ring (bicyclic) bond motifs is 1. The molecule has 1 aromatic carbocycles. The van der Waals surface area contributed by atoms with Crippen molar-refractivity contribution in [2.75, 3.05) is 5.32 Å². The van der Waals surface area contributed by atoms with Crippen LogP contribution in [0.2, 0.25) is 0 Å². The molecule has 7 nitrogen and oxygen atoms in total. The number of rotatable bonds is 2. The Kier molecular flexibility index (Phi) is 3.23. The maximum absolute atomic E-state index is 11.7. The minimum Gasteiger partial charge on any atom is -0.311 e. The Labute approximate surface area is 119 Å². The summed E-state index contributed by atoms with van der Waals surface area (Å²) in [7, 11) is 0. The lowest BCUT2D eigenvalue weighted by Crippen LogP contribution is -2.33. The second-order valence-electron chi connectivity index (χ2n) is 4.50. The molecule has 0 spiro atoms. The third-order valence-electron chi connectivity index (χ3n) is 3.03. The SMILES string of the molecule is O=C(N[13c]1[13cH][13cH][13c]2nccc[13c]2[13cH]1)ON1C(=O)CCC1=O. The normalized spacial score (nSPS) is 14.6. The van der Waals surface area contributed by atoms with Crippen molar-refractivity contribution >= 4 is 34.5 Å². The lowest BCUT2D eigenvalue weighted by atomic mass is 10.4. The largest absolute Gasteiger partial charge is 0.436 e. The molecule has 0 atom stereocenters. The standard InChI is InChI=1S/C14H11N3O4/c18-12-5-6-13(19)17(12)21-14(20)16-10-3-4-11-9(8-10)2-1-7-15-11/h1-4,7-8H,5-6H2,(H,16,20)/i3+1,4+1,8+1,9+1,10+1,11+1. The molecule has 1 aliphatic rings. The predicted molar refractivity (Wildman–Crippen MR) is 72.9 cm³/mol. The topological polar surface area (TPSA) is 88.6 Å². The first-order valence-corrected chi connectivity index (χ1v) is 6.33. The van der Waals surface area contributed by atoms with E-state index in [9.17, 15) is 14.4 Å². The van der Waals surface area contributed by atoms with E-state index in [1.54, 1.807) is 30.5 Å². The Morgan fingerprint density at radius 3 is 2.71 bits per heavy atom. The van der Waals surface area contributed by atoms with Crippen LogP contribution in [-0.2, 0) is 14.4 Å². The summed E-state index contributed by atoms with van der Waals surface area (Å²) in [5, 5.41) is 3.82. The van der Waals surface area contributed by atoms with Gasteiger partial charge in [-0.25, -0.2) is 4.79 Å². The summed E-state index contributed by atoms with van der Waals surface area (Å²) in [5.41, 5.74) is 1.28. The third kappa shape index (κ3) is 2.66. The van der Waals surface area contributed by atoms with Gasteiger partial charge in [0.2, 0.25) is 0 Å². The number of amides is 3. The lowest BCUT2D eigenvalue weighted by molar-refractivity contribution is -0.170. The molecule has 106 valence electrons. The molecule has 3 rings (SSSR count). The van der Waals surface area contributed by atoms with E-state index in [2.05, 4.69) is 10.3 Å². The van der Waals surface area contributed by atoms with Gasteiger partial charge in [0.15, 0.2) is 0 Å². The zero-order valence-electron chi connectivity index (χ0n) is 10.9. The van der Waals surface area contributed by atoms with E-state index in [1.165, 1.54) is 0 Å². The molecule has 0 radical (unpaired) electrons. The highest BCUT2D eigenvalue weighted by molar-refractivity contribution is 6.02. The highest BCUT2D eigenvalue weighted by atomic mass is 16.7. The van der Waals surface area contributed by atoms with Gasteiger partial charge >= 0.3 is 6.09 Å². The van der Waals surface area contributed by atoms with E-state index in [1.807, 2.05) is 6.07 Å². The number of nitrogens with one attached hydrogen (secondary N) is 1. The average Bonchev–Trinajstić information content (AvgIpc) is 2.79. The number of imide groups is 1. The molecule has 1 aromatic heterocycles. The van der Waals surface area contributed by atoms with Crippen molar-refractivity contribution in [3.8, 4) is 0 Å². The van der Waals surface area contributed by atoms with E-state index >= 15 is 0 Å². The first-order valence-electron chi connectivity index (χ1n) is 6.33. The van der Waals surface area contributed by atoms with E-state index < -0.39 is 17.9 Å². The summed E-state index contributed by atoms with van der Waals surface area (Å²) < 4.78 is 0. The van der Waals surface area contributed by atoms with Crippen molar-refractivity contribution in [3.63, 3.8) is 0 Å². The zero-order valence-corrected chi connectivity index (χ0v) is 10.9. The maximum Gasteiger partial charge on any atom is 0.436 e. The number of carbonyl (C=O) groups excluding carboxylic acids is 3. The van der Waals surface area contributed by atoms with Gasteiger partial charge in [-0.15, -0.1) is 5.06 Å². The van der Waals surface area contributed by atoms with Crippen molar-refractivity contribution in [1.29, 1.82) is 0 Å². The van der Waals surface area contributed by atoms with Crippen LogP contribution in [0.4, 0.5) is 10.5 Å². The molecular formula is C14H11N3O4. The fourth-order valence-electron chi connectivity index (χ4n) is 2.03. The molecule has 0 saturated carbocycles. The van der Waals surface area contributed by atoms with Gasteiger partial charge in [0.1, 0.15) is 0 Å². The number of nitrogens with zero attached hydrogens (tertiary/aromatic N) is 2. The van der Waals surface area contributed by atoms with Crippen LogP contribution in [0.5, 0.6) is 0 Å². The van der Waals surface area contributed by atoms with Crippen LogP contribution < -0.4 is 5.32 Å². The molecule has 2 heterocycles. The lowest BCUT2D eigenvalue weighted by Gasteiger charge is -2.13. The number of carbonyl (C=O) groups is 3. The minimum atomic E-state index is -0.887. The molecule has 7 heteroatoms. The van der Waals surface area contributed by atoms with Crippen LogP contribution in [0.15, 0.2) is 36.5 Å². The third-order valence-corrected chi connectivity index (χ3v) is 3.03. The summed E-state index contributed by atoms with van der Waals surface area (Å²) in [4.78, 5) is 43.3. The van der Waals surface area contributed by atoms with Crippen LogP contribution in [0.25, 0.3) is 10.9 Å². The molecule has 0 aliphatic carbocycles. The average molecular weight is 291 g/mol. The van der Waals surface area contributed by atoms with Gasteiger partial charge in [-0.2, -0.15) is 0 Å². The Morgan fingerprint density at radius 2 is 1.95 bits per heavy atom. The van der Waals surface area contributed by atoms with Crippen LogP contribution in [0, 0.1) is 0 Å². The highest BCUT2D eigenvalue weighted by Crippen LogP contribution is 2.18. The van der Waals surface area contributed by atoms with E-state index in [0.717, 1.165) is 10.9 Å². The van der Waals surface area contributed by atoms with E-state index in [4.69, 9.17) is 4.84 Å². The summed E-state index contributed by atoms with van der Waals surface area (Å²) in [6, 6.07) is 8.76. The first kappa shape index (κ1) is 13.0. The fourth-order valence-corrected chi connectivity index (χ4v) is 2.03. The second-order valence-corrected chi connectivity index (χ2v) is 4.50. The predicted octanol–water partition coefficient (Wildman–Crippen LogP) is 1.85. The molecule has 1 aliphatic heterocycles. The van der Waals surface area contributed by atoms with Gasteiger partial charge in [-0.1, -0.05) is 6.07 Å². The van der Waals surface area contributed by atoms with Crippen LogP contribution in [0.1, 0.15) is 12.8 Å². The number of hydroxylamine groups is 2. The number of hydrogen-bond acceptors (Lipinski definition) is 5. The fraction of sp³-hybridized carbons (Fsp3) is 0.143. The van der Waals surface area contributed by atoms with Gasteiger partial charge in [0, 0.05) is 30.1 Å². The molecule has 1 fully saturated rings. The number of anilines is 1. The monoisotopic (exact) mass is 291 g/mol. The number of benzene rings is 1. The van der Waals surface area contributed by atoms with Crippen LogP contribution in [0.3, 0.4) is 0 Å². The zero-order chi connectivity index (χ0) is 14.8. The van der Waals surface area contributed by atoms with E-state index in [0.29, 0.717) is 10.8 Å². The Balaban J connectivity index is 1.71. The van der Waals surface area contributed by atoms with Gasteiger partial charge in [-0.05, 0) is 24.3 Å². The Morgan fingerprint density at radius 1 is 1.19 bits per heavy atom. The smallest absolute Gasteiger partial charge is 0.311 e. The van der Waals surface area contributed by atoms with Crippen molar-refractivity contribution in [3.05, 3.63) is 36.5 Å². The summed E-state index contributed by atoms with van der Waals surface area (Å²) in [6.07, 6.45) is 0.914. The Bertz CT molecular complexity index is 728. The summed E-state index contributed by atoms with van der Waals surface area (Å²) >= 11 is 0. The number of pyridine rings is 1. The van der Waals surface area contributed by atoms with Crippen molar-refractivity contribution < 1.29 is 19.2 Å². The van der Waals surface area contributed by atoms with Crippen LogP contribution >= 0.6 is 0 Å². The van der Waals surface area contributed by atoms with Gasteiger partial charge in [0.05, 0.1) is 5.52 Å². The van der Waals surface area contributed by atoms with Crippen LogP contribution in [-0.4, -0.2) is 28.0 Å². The molecule has 0 unspecified atom stereocenters. The highest BCUT2D eigenvalue weighted by Gasteiger charge is 2.32. The van der Waals surface area contributed by atoms with Crippen molar-refractivity contribution in [2.24, 2.45) is 0 Å². The quantitative estimate of drug-likeness (QED) is 0.853.